The van der Waals surface area contributed by atoms with Crippen LogP contribution in [0.5, 0.6) is 0 Å². The fourth-order valence-corrected chi connectivity index (χ4v) is 3.46. The van der Waals surface area contributed by atoms with E-state index >= 15 is 0 Å². The lowest BCUT2D eigenvalue weighted by Gasteiger charge is -2.35. The van der Waals surface area contributed by atoms with Crippen LogP contribution in [-0.2, 0) is 6.54 Å². The highest BCUT2D eigenvalue weighted by Crippen LogP contribution is 2.33. The second kappa shape index (κ2) is 7.30. The minimum absolute atomic E-state index is 0.173. The maximum atomic E-state index is 14.3. The average Bonchev–Trinajstić information content (AvgIpc) is 3.34. The third-order valence-electron chi connectivity index (χ3n) is 4.74. The Kier molecular flexibility index (Phi) is 4.70. The number of carbonyl (C=O) groups is 1. The Labute approximate surface area is 154 Å². The van der Waals surface area contributed by atoms with Crippen molar-refractivity contribution in [1.82, 2.24) is 19.8 Å². The molecule has 1 unspecified atom stereocenters. The molecule has 0 saturated carbocycles. The van der Waals surface area contributed by atoms with E-state index in [1.54, 1.807) is 34.1 Å². The van der Waals surface area contributed by atoms with Gasteiger partial charge >= 0.3 is 0 Å². The summed E-state index contributed by atoms with van der Waals surface area (Å²) in [5.74, 6) is -1.09. The minimum Gasteiger partial charge on any atom is -0.359 e. The maximum Gasteiger partial charge on any atom is 0.276 e. The predicted octanol–water partition coefficient (Wildman–Crippen LogP) is 3.57. The molecule has 1 saturated heterocycles. The minimum atomic E-state index is -0.640. The summed E-state index contributed by atoms with van der Waals surface area (Å²) in [5.41, 5.74) is 0.497. The van der Waals surface area contributed by atoms with Gasteiger partial charge in [0.15, 0.2) is 11.5 Å². The van der Waals surface area contributed by atoms with E-state index in [2.05, 4.69) is 10.3 Å². The van der Waals surface area contributed by atoms with Gasteiger partial charge in [0.25, 0.3) is 5.91 Å². The molecular weight excluding hydrogens is 354 g/mol. The van der Waals surface area contributed by atoms with Crippen LogP contribution < -0.4 is 0 Å². The average molecular weight is 372 g/mol. The zero-order valence-electron chi connectivity index (χ0n) is 14.5. The van der Waals surface area contributed by atoms with Crippen LogP contribution in [0, 0.1) is 11.6 Å². The molecule has 1 aromatic carbocycles. The van der Waals surface area contributed by atoms with Crippen molar-refractivity contribution in [3.05, 3.63) is 71.4 Å². The first kappa shape index (κ1) is 17.4. The lowest BCUT2D eigenvalue weighted by Crippen LogP contribution is -2.39. The standard InChI is InChI=1S/C19H18F2N4O2/c20-13-5-6-15(16(21)10-13)18-4-1-2-9-25(18)19(26)17-11-14(27-23-17)12-24-8-3-7-22-24/h3,5-8,10-11,18H,1-2,4,9,12H2. The van der Waals surface area contributed by atoms with Crippen LogP contribution in [0.25, 0.3) is 0 Å². The number of aromatic nitrogens is 3. The molecule has 0 bridgehead atoms. The molecule has 27 heavy (non-hydrogen) atoms. The predicted molar refractivity (Wildman–Crippen MR) is 91.8 cm³/mol. The quantitative estimate of drug-likeness (QED) is 0.702. The molecule has 3 heterocycles. The zero-order valence-corrected chi connectivity index (χ0v) is 14.5. The van der Waals surface area contributed by atoms with Gasteiger partial charge in [-0.3, -0.25) is 9.48 Å². The summed E-state index contributed by atoms with van der Waals surface area (Å²) in [7, 11) is 0. The third kappa shape index (κ3) is 3.60. The van der Waals surface area contributed by atoms with Gasteiger partial charge in [-0.25, -0.2) is 8.78 Å². The number of hydrogen-bond acceptors (Lipinski definition) is 4. The molecule has 0 N–H and O–H groups in total. The number of halogens is 2. The molecule has 2 aromatic heterocycles. The molecule has 0 radical (unpaired) electrons. The summed E-state index contributed by atoms with van der Waals surface area (Å²) < 4.78 is 34.4. The number of carbonyl (C=O) groups excluding carboxylic acids is 1. The first-order valence-corrected chi connectivity index (χ1v) is 8.81. The van der Waals surface area contributed by atoms with Gasteiger partial charge in [-0.2, -0.15) is 5.10 Å². The molecule has 8 heteroatoms. The molecule has 6 nitrogen and oxygen atoms in total. The van der Waals surface area contributed by atoms with Gasteiger partial charge < -0.3 is 9.42 Å². The van der Waals surface area contributed by atoms with E-state index in [4.69, 9.17) is 4.52 Å². The zero-order chi connectivity index (χ0) is 18.8. The van der Waals surface area contributed by atoms with Crippen molar-refractivity contribution in [2.24, 2.45) is 0 Å². The molecule has 4 rings (SSSR count). The van der Waals surface area contributed by atoms with Crippen LogP contribution in [0.2, 0.25) is 0 Å². The molecule has 1 amide bonds. The number of hydrogen-bond donors (Lipinski definition) is 0. The van der Waals surface area contributed by atoms with Crippen LogP contribution in [0.15, 0.2) is 47.2 Å². The van der Waals surface area contributed by atoms with E-state index in [-0.39, 0.29) is 11.6 Å². The normalized spacial score (nSPS) is 17.3. The lowest BCUT2D eigenvalue weighted by molar-refractivity contribution is 0.0596. The van der Waals surface area contributed by atoms with Gasteiger partial charge in [0, 0.05) is 36.6 Å². The van der Waals surface area contributed by atoms with Crippen LogP contribution in [0.4, 0.5) is 8.78 Å². The van der Waals surface area contributed by atoms with Gasteiger partial charge in [-0.15, -0.1) is 0 Å². The van der Waals surface area contributed by atoms with Gasteiger partial charge in [0.1, 0.15) is 18.2 Å². The number of rotatable bonds is 4. The molecule has 1 atom stereocenters. The van der Waals surface area contributed by atoms with Crippen LogP contribution in [0.3, 0.4) is 0 Å². The highest BCUT2D eigenvalue weighted by Gasteiger charge is 2.32. The first-order chi connectivity index (χ1) is 13.1. The van der Waals surface area contributed by atoms with Crippen molar-refractivity contribution in [3.63, 3.8) is 0 Å². The second-order valence-electron chi connectivity index (χ2n) is 6.56. The highest BCUT2D eigenvalue weighted by molar-refractivity contribution is 5.92. The summed E-state index contributed by atoms with van der Waals surface area (Å²) in [6.07, 6.45) is 5.74. The van der Waals surface area contributed by atoms with Crippen LogP contribution in [-0.4, -0.2) is 32.3 Å². The van der Waals surface area contributed by atoms with E-state index < -0.39 is 17.7 Å². The Morgan fingerprint density at radius 2 is 2.15 bits per heavy atom. The fourth-order valence-electron chi connectivity index (χ4n) is 3.46. The van der Waals surface area contributed by atoms with Crippen LogP contribution in [0.1, 0.15) is 47.1 Å². The van der Waals surface area contributed by atoms with Gasteiger partial charge in [0.05, 0.1) is 6.04 Å². The number of piperidine rings is 1. The Hall–Kier alpha value is -3.03. The van der Waals surface area contributed by atoms with Crippen molar-refractivity contribution in [2.75, 3.05) is 6.54 Å². The van der Waals surface area contributed by atoms with E-state index in [1.807, 2.05) is 0 Å². The Morgan fingerprint density at radius 1 is 1.26 bits per heavy atom. The topological polar surface area (TPSA) is 64.2 Å². The first-order valence-electron chi connectivity index (χ1n) is 8.81. The molecular formula is C19H18F2N4O2. The van der Waals surface area contributed by atoms with Gasteiger partial charge in [-0.05, 0) is 31.4 Å². The lowest BCUT2D eigenvalue weighted by atomic mass is 9.94. The number of nitrogens with zero attached hydrogens (tertiary/aromatic N) is 4. The van der Waals surface area contributed by atoms with Crippen LogP contribution >= 0.6 is 0 Å². The van der Waals surface area contributed by atoms with E-state index in [1.165, 1.54) is 12.1 Å². The fraction of sp³-hybridized carbons (Fsp3) is 0.316. The van der Waals surface area contributed by atoms with E-state index in [0.29, 0.717) is 30.8 Å². The Balaban J connectivity index is 1.56. The largest absolute Gasteiger partial charge is 0.359 e. The molecule has 1 aliphatic rings. The maximum absolute atomic E-state index is 14.3. The molecule has 3 aromatic rings. The smallest absolute Gasteiger partial charge is 0.276 e. The van der Waals surface area contributed by atoms with Crippen molar-refractivity contribution in [2.45, 2.75) is 31.8 Å². The Morgan fingerprint density at radius 3 is 2.93 bits per heavy atom. The van der Waals surface area contributed by atoms with Crippen molar-refractivity contribution < 1.29 is 18.1 Å². The number of amides is 1. The third-order valence-corrected chi connectivity index (χ3v) is 4.74. The van der Waals surface area contributed by atoms with Crippen molar-refractivity contribution in [3.8, 4) is 0 Å². The van der Waals surface area contributed by atoms with Gasteiger partial charge in [-0.1, -0.05) is 11.2 Å². The summed E-state index contributed by atoms with van der Waals surface area (Å²) in [6, 6.07) is 6.40. The van der Waals surface area contributed by atoms with Crippen molar-refractivity contribution in [1.29, 1.82) is 0 Å². The summed E-state index contributed by atoms with van der Waals surface area (Å²) in [5, 5.41) is 7.96. The monoisotopic (exact) mass is 372 g/mol. The molecule has 1 fully saturated rings. The number of likely N-dealkylation sites (tertiary alicyclic amines) is 1. The molecule has 0 aliphatic carbocycles. The molecule has 0 spiro atoms. The molecule has 140 valence electrons. The SMILES string of the molecule is O=C(c1cc(Cn2cccn2)on1)N1CCCCC1c1ccc(F)cc1F. The Bertz CT molecular complexity index is 939. The summed E-state index contributed by atoms with van der Waals surface area (Å²) in [6.45, 7) is 0.852. The van der Waals surface area contributed by atoms with E-state index in [0.717, 1.165) is 18.9 Å². The second-order valence-corrected chi connectivity index (χ2v) is 6.56. The summed E-state index contributed by atoms with van der Waals surface area (Å²) in [4.78, 5) is 14.6. The molecule has 1 aliphatic heterocycles. The highest BCUT2D eigenvalue weighted by atomic mass is 19.1. The number of benzene rings is 1. The summed E-state index contributed by atoms with van der Waals surface area (Å²) >= 11 is 0. The van der Waals surface area contributed by atoms with Crippen molar-refractivity contribution >= 4 is 5.91 Å². The van der Waals surface area contributed by atoms with E-state index in [9.17, 15) is 13.6 Å². The van der Waals surface area contributed by atoms with Gasteiger partial charge in [0.2, 0.25) is 0 Å².